The lowest BCUT2D eigenvalue weighted by Crippen LogP contribution is -2.08. The number of hydrogen-bond donors (Lipinski definition) is 1. The molecule has 0 unspecified atom stereocenters. The first kappa shape index (κ1) is 14.1. The van der Waals surface area contributed by atoms with E-state index in [2.05, 4.69) is 31.9 Å². The number of nitrogens with two attached hydrogens (primary N) is 1. The Morgan fingerprint density at radius 2 is 1.89 bits per heavy atom. The Morgan fingerprint density at radius 3 is 2.63 bits per heavy atom. The van der Waals surface area contributed by atoms with Gasteiger partial charge in [0.15, 0.2) is 0 Å². The first-order valence-corrected chi connectivity index (χ1v) is 7.12. The molecule has 2 aromatic carbocycles. The van der Waals surface area contributed by atoms with Crippen molar-refractivity contribution in [1.82, 2.24) is 0 Å². The number of anilines is 1. The number of esters is 1. The van der Waals surface area contributed by atoms with Crippen LogP contribution in [-0.4, -0.2) is 5.97 Å². The van der Waals surface area contributed by atoms with Gasteiger partial charge in [0.05, 0.1) is 5.56 Å². The van der Waals surface area contributed by atoms with Crippen molar-refractivity contribution >= 4 is 43.5 Å². The first-order valence-electron chi connectivity index (χ1n) is 5.53. The number of carbonyl (C=O) groups is 1. The second-order valence-corrected chi connectivity index (χ2v) is 5.67. The van der Waals surface area contributed by atoms with Crippen LogP contribution >= 0.6 is 31.9 Å². The fourth-order valence-corrected chi connectivity index (χ4v) is 2.30. The molecule has 3 nitrogen and oxygen atoms in total. The van der Waals surface area contributed by atoms with Gasteiger partial charge in [0.2, 0.25) is 0 Å². The number of nitrogen functional groups attached to an aromatic ring is 1. The summed E-state index contributed by atoms with van der Waals surface area (Å²) < 4.78 is 6.96. The molecule has 2 aromatic rings. The van der Waals surface area contributed by atoms with Crippen molar-refractivity contribution < 1.29 is 9.53 Å². The molecule has 2 rings (SSSR count). The van der Waals surface area contributed by atoms with Crippen LogP contribution in [0.4, 0.5) is 5.69 Å². The number of hydrogen-bond acceptors (Lipinski definition) is 3. The summed E-state index contributed by atoms with van der Waals surface area (Å²) in [6.07, 6.45) is 0. The van der Waals surface area contributed by atoms with Gasteiger partial charge in [0.1, 0.15) is 6.61 Å². The lowest BCUT2D eigenvalue weighted by Gasteiger charge is -2.08. The summed E-state index contributed by atoms with van der Waals surface area (Å²) in [6, 6.07) is 12.7. The third kappa shape index (κ3) is 3.58. The summed E-state index contributed by atoms with van der Waals surface area (Å²) >= 11 is 6.71. The molecular weight excluding hydrogens is 374 g/mol. The van der Waals surface area contributed by atoms with Crippen molar-refractivity contribution in [3.8, 4) is 0 Å². The van der Waals surface area contributed by atoms with Gasteiger partial charge < -0.3 is 10.5 Å². The molecule has 0 fully saturated rings. The van der Waals surface area contributed by atoms with Crippen LogP contribution in [-0.2, 0) is 11.3 Å². The van der Waals surface area contributed by atoms with Crippen molar-refractivity contribution in [3.63, 3.8) is 0 Å². The Labute approximate surface area is 128 Å². The first-order chi connectivity index (χ1) is 9.08. The molecule has 0 radical (unpaired) electrons. The molecule has 5 heteroatoms. The molecule has 0 saturated carbocycles. The van der Waals surface area contributed by atoms with E-state index in [0.717, 1.165) is 14.5 Å². The molecule has 0 saturated heterocycles. The molecule has 19 heavy (non-hydrogen) atoms. The van der Waals surface area contributed by atoms with E-state index in [1.165, 1.54) is 0 Å². The van der Waals surface area contributed by atoms with Crippen LogP contribution in [0.1, 0.15) is 15.9 Å². The maximum Gasteiger partial charge on any atom is 0.340 e. The van der Waals surface area contributed by atoms with Crippen LogP contribution in [0.25, 0.3) is 0 Å². The summed E-state index contributed by atoms with van der Waals surface area (Å²) in [4.78, 5) is 12.0. The maximum absolute atomic E-state index is 12.0. The predicted molar refractivity (Wildman–Crippen MR) is 81.8 cm³/mol. The lowest BCUT2D eigenvalue weighted by molar-refractivity contribution is 0.0473. The normalized spacial score (nSPS) is 10.2. The molecule has 0 aliphatic rings. The SMILES string of the molecule is Nc1ccc(Br)cc1C(=O)OCc1ccccc1Br. The van der Waals surface area contributed by atoms with E-state index < -0.39 is 5.97 Å². The van der Waals surface area contributed by atoms with Gasteiger partial charge >= 0.3 is 5.97 Å². The zero-order chi connectivity index (χ0) is 13.8. The topological polar surface area (TPSA) is 52.3 Å². The van der Waals surface area contributed by atoms with E-state index in [1.54, 1.807) is 18.2 Å². The molecule has 0 spiro atoms. The summed E-state index contributed by atoms with van der Waals surface area (Å²) in [5, 5.41) is 0. The Bertz CT molecular complexity index is 614. The van der Waals surface area contributed by atoms with Gasteiger partial charge in [-0.25, -0.2) is 4.79 Å². The maximum atomic E-state index is 12.0. The molecule has 0 aliphatic carbocycles. The van der Waals surface area contributed by atoms with Crippen molar-refractivity contribution in [1.29, 1.82) is 0 Å². The van der Waals surface area contributed by atoms with E-state index in [-0.39, 0.29) is 6.61 Å². The molecule has 0 aromatic heterocycles. The molecule has 0 heterocycles. The summed E-state index contributed by atoms with van der Waals surface area (Å²) in [5.41, 5.74) is 7.43. The van der Waals surface area contributed by atoms with Gasteiger partial charge in [0.25, 0.3) is 0 Å². The zero-order valence-electron chi connectivity index (χ0n) is 9.90. The molecule has 2 N–H and O–H groups in total. The van der Waals surface area contributed by atoms with Crippen molar-refractivity contribution in [2.75, 3.05) is 5.73 Å². The quantitative estimate of drug-likeness (QED) is 0.638. The largest absolute Gasteiger partial charge is 0.457 e. The van der Waals surface area contributed by atoms with Crippen LogP contribution < -0.4 is 5.73 Å². The van der Waals surface area contributed by atoms with Gasteiger partial charge in [-0.15, -0.1) is 0 Å². The highest BCUT2D eigenvalue weighted by atomic mass is 79.9. The average molecular weight is 385 g/mol. The van der Waals surface area contributed by atoms with Crippen molar-refractivity contribution in [3.05, 3.63) is 62.5 Å². The smallest absolute Gasteiger partial charge is 0.340 e. The van der Waals surface area contributed by atoms with E-state index in [9.17, 15) is 4.79 Å². The Morgan fingerprint density at radius 1 is 1.16 bits per heavy atom. The molecule has 0 atom stereocenters. The monoisotopic (exact) mass is 383 g/mol. The third-order valence-electron chi connectivity index (χ3n) is 2.55. The van der Waals surface area contributed by atoms with Gasteiger partial charge in [-0.05, 0) is 24.3 Å². The highest BCUT2D eigenvalue weighted by Crippen LogP contribution is 2.21. The van der Waals surface area contributed by atoms with E-state index in [1.807, 2.05) is 24.3 Å². The van der Waals surface area contributed by atoms with Crippen molar-refractivity contribution in [2.24, 2.45) is 0 Å². The van der Waals surface area contributed by atoms with Crippen LogP contribution in [0.3, 0.4) is 0 Å². The predicted octanol–water partition coefficient (Wildman–Crippen LogP) is 4.15. The van der Waals surface area contributed by atoms with Gasteiger partial charge in [-0.1, -0.05) is 50.1 Å². The minimum absolute atomic E-state index is 0.201. The number of benzene rings is 2. The van der Waals surface area contributed by atoms with Crippen molar-refractivity contribution in [2.45, 2.75) is 6.61 Å². The molecule has 98 valence electrons. The van der Waals surface area contributed by atoms with Crippen LogP contribution in [0.5, 0.6) is 0 Å². The zero-order valence-corrected chi connectivity index (χ0v) is 13.1. The number of ether oxygens (including phenoxy) is 1. The Kier molecular flexibility index (Phi) is 4.61. The van der Waals surface area contributed by atoms with E-state index >= 15 is 0 Å². The summed E-state index contributed by atoms with van der Waals surface area (Å²) in [6.45, 7) is 0.201. The molecular formula is C14H11Br2NO2. The fraction of sp³-hybridized carbons (Fsp3) is 0.0714. The van der Waals surface area contributed by atoms with Gasteiger partial charge in [-0.3, -0.25) is 0 Å². The fourth-order valence-electron chi connectivity index (χ4n) is 1.54. The minimum atomic E-state index is -0.436. The van der Waals surface area contributed by atoms with E-state index in [0.29, 0.717) is 11.3 Å². The third-order valence-corrected chi connectivity index (χ3v) is 3.82. The second kappa shape index (κ2) is 6.21. The number of carbonyl (C=O) groups excluding carboxylic acids is 1. The summed E-state index contributed by atoms with van der Waals surface area (Å²) in [5.74, 6) is -0.436. The minimum Gasteiger partial charge on any atom is -0.457 e. The number of halogens is 2. The van der Waals surface area contributed by atoms with Gasteiger partial charge in [-0.2, -0.15) is 0 Å². The second-order valence-electron chi connectivity index (χ2n) is 3.90. The van der Waals surface area contributed by atoms with E-state index in [4.69, 9.17) is 10.5 Å². The van der Waals surface area contributed by atoms with Gasteiger partial charge in [0, 0.05) is 20.2 Å². The highest BCUT2D eigenvalue weighted by Gasteiger charge is 2.12. The lowest BCUT2D eigenvalue weighted by atomic mass is 10.2. The van der Waals surface area contributed by atoms with Crippen LogP contribution in [0.2, 0.25) is 0 Å². The highest BCUT2D eigenvalue weighted by molar-refractivity contribution is 9.10. The Balaban J connectivity index is 2.10. The number of rotatable bonds is 3. The average Bonchev–Trinajstić information content (AvgIpc) is 2.40. The Hall–Kier alpha value is -1.33. The van der Waals surface area contributed by atoms with Crippen LogP contribution in [0, 0.1) is 0 Å². The molecule has 0 amide bonds. The summed E-state index contributed by atoms with van der Waals surface area (Å²) in [7, 11) is 0. The molecule has 0 bridgehead atoms. The molecule has 0 aliphatic heterocycles. The standard InChI is InChI=1S/C14H11Br2NO2/c15-10-5-6-13(17)11(7-10)14(18)19-8-9-3-1-2-4-12(9)16/h1-7H,8,17H2. The van der Waals surface area contributed by atoms with Crippen LogP contribution in [0.15, 0.2) is 51.4 Å².